The summed E-state index contributed by atoms with van der Waals surface area (Å²) in [6, 6.07) is 6.31. The minimum Gasteiger partial charge on any atom is -0.464 e. The van der Waals surface area contributed by atoms with Crippen molar-refractivity contribution < 1.29 is 17.6 Å². The number of fused-ring (bicyclic) bond motifs is 1. The lowest BCUT2D eigenvalue weighted by molar-refractivity contribution is -0.131. The van der Waals surface area contributed by atoms with Crippen LogP contribution in [0.3, 0.4) is 0 Å². The van der Waals surface area contributed by atoms with Crippen LogP contribution in [-0.2, 0) is 14.8 Å². The Morgan fingerprint density at radius 2 is 1.76 bits per heavy atom. The van der Waals surface area contributed by atoms with Gasteiger partial charge in [0.1, 0.15) is 5.58 Å². The molecule has 2 aromatic rings. The van der Waals surface area contributed by atoms with Crippen molar-refractivity contribution in [2.45, 2.75) is 32.6 Å². The highest BCUT2D eigenvalue weighted by Crippen LogP contribution is 2.19. The molecular weight excluding hydrogens is 340 g/mol. The van der Waals surface area contributed by atoms with Crippen LogP contribution in [0.1, 0.15) is 27.7 Å². The van der Waals surface area contributed by atoms with E-state index < -0.39 is 10.0 Å². The first-order valence-corrected chi connectivity index (χ1v) is 9.92. The van der Waals surface area contributed by atoms with Gasteiger partial charge in [0.05, 0.1) is 17.7 Å². The molecule has 6 nitrogen and oxygen atoms in total. The van der Waals surface area contributed by atoms with E-state index in [4.69, 9.17) is 4.42 Å². The lowest BCUT2D eigenvalue weighted by atomic mass is 10.1. The van der Waals surface area contributed by atoms with Crippen molar-refractivity contribution in [3.63, 3.8) is 0 Å². The fourth-order valence-corrected chi connectivity index (χ4v) is 3.63. The summed E-state index contributed by atoms with van der Waals surface area (Å²) in [7, 11) is -3.75. The molecule has 1 N–H and O–H groups in total. The van der Waals surface area contributed by atoms with E-state index in [0.29, 0.717) is 35.9 Å². The average Bonchev–Trinajstić information content (AvgIpc) is 2.98. The van der Waals surface area contributed by atoms with E-state index in [1.54, 1.807) is 17.0 Å². The van der Waals surface area contributed by atoms with Gasteiger partial charge in [0, 0.05) is 18.5 Å². The number of nitrogens with one attached hydrogen (secondary N) is 1. The molecule has 1 heterocycles. The molecule has 138 valence electrons. The molecule has 1 amide bonds. The van der Waals surface area contributed by atoms with E-state index in [0.717, 1.165) is 0 Å². The van der Waals surface area contributed by atoms with Gasteiger partial charge in [0.25, 0.3) is 0 Å². The van der Waals surface area contributed by atoms with Crippen LogP contribution in [0, 0.1) is 11.8 Å². The van der Waals surface area contributed by atoms with Gasteiger partial charge in [0.15, 0.2) is 0 Å². The molecule has 0 saturated heterocycles. The average molecular weight is 366 g/mol. The third-order valence-corrected chi connectivity index (χ3v) is 5.07. The summed E-state index contributed by atoms with van der Waals surface area (Å²) in [6.45, 7) is 9.11. The van der Waals surface area contributed by atoms with Crippen molar-refractivity contribution in [2.24, 2.45) is 11.8 Å². The number of carbonyl (C=O) groups excluding carboxylic acids is 1. The van der Waals surface area contributed by atoms with Crippen LogP contribution in [-0.4, -0.2) is 38.9 Å². The molecule has 0 saturated carbocycles. The molecule has 2 rings (SSSR count). The predicted octanol–water partition coefficient (Wildman–Crippen LogP) is 2.85. The third kappa shape index (κ3) is 5.31. The highest BCUT2D eigenvalue weighted by atomic mass is 32.2. The van der Waals surface area contributed by atoms with Crippen LogP contribution in [0.15, 0.2) is 39.8 Å². The van der Waals surface area contributed by atoms with Crippen molar-refractivity contribution in [3.8, 4) is 0 Å². The molecule has 0 spiro atoms. The van der Waals surface area contributed by atoms with Crippen LogP contribution in [0.5, 0.6) is 0 Å². The molecule has 0 unspecified atom stereocenters. The van der Waals surface area contributed by atoms with Gasteiger partial charge in [-0.25, -0.2) is 13.1 Å². The van der Waals surface area contributed by atoms with Gasteiger partial charge < -0.3 is 9.32 Å². The highest BCUT2D eigenvalue weighted by Gasteiger charge is 2.20. The van der Waals surface area contributed by atoms with E-state index >= 15 is 0 Å². The Morgan fingerprint density at radius 3 is 2.36 bits per heavy atom. The van der Waals surface area contributed by atoms with E-state index in [1.165, 1.54) is 18.4 Å². The molecule has 0 radical (unpaired) electrons. The second-order valence-corrected chi connectivity index (χ2v) is 8.80. The molecular formula is C18H26N2O4S. The van der Waals surface area contributed by atoms with Crippen molar-refractivity contribution in [3.05, 3.63) is 30.5 Å². The quantitative estimate of drug-likeness (QED) is 0.779. The van der Waals surface area contributed by atoms with Crippen LogP contribution in [0.2, 0.25) is 0 Å². The van der Waals surface area contributed by atoms with Gasteiger partial charge in [0.2, 0.25) is 15.9 Å². The fourth-order valence-electron chi connectivity index (χ4n) is 2.62. The topological polar surface area (TPSA) is 79.6 Å². The van der Waals surface area contributed by atoms with E-state index in [1.807, 2.05) is 27.7 Å². The van der Waals surface area contributed by atoms with Crippen LogP contribution in [0.25, 0.3) is 11.0 Å². The number of amides is 1. The summed E-state index contributed by atoms with van der Waals surface area (Å²) in [5.41, 5.74) is 0.620. The molecule has 7 heteroatoms. The van der Waals surface area contributed by atoms with Gasteiger partial charge >= 0.3 is 0 Å². The number of furan rings is 1. The number of nitrogens with zero attached hydrogens (tertiary/aromatic N) is 1. The Hall–Kier alpha value is -1.86. The summed E-state index contributed by atoms with van der Waals surface area (Å²) < 4.78 is 32.5. The van der Waals surface area contributed by atoms with E-state index in [9.17, 15) is 13.2 Å². The largest absolute Gasteiger partial charge is 0.464 e. The first-order chi connectivity index (χ1) is 11.7. The van der Waals surface area contributed by atoms with Crippen molar-refractivity contribution in [2.75, 3.05) is 19.6 Å². The normalized spacial score (nSPS) is 12.2. The zero-order valence-corrected chi connectivity index (χ0v) is 16.0. The van der Waals surface area contributed by atoms with Gasteiger partial charge in [-0.15, -0.1) is 0 Å². The number of hydrogen-bond donors (Lipinski definition) is 1. The van der Waals surface area contributed by atoms with E-state index in [2.05, 4.69) is 4.72 Å². The second-order valence-electron chi connectivity index (χ2n) is 7.03. The lowest BCUT2D eigenvalue weighted by Gasteiger charge is -2.26. The monoisotopic (exact) mass is 366 g/mol. The lowest BCUT2D eigenvalue weighted by Crippen LogP contribution is -2.43. The SMILES string of the molecule is CC(C)CN(CC(C)C)C(=O)CNS(=O)(=O)c1ccc2occc2c1. The summed E-state index contributed by atoms with van der Waals surface area (Å²) in [6.07, 6.45) is 1.51. The molecule has 0 atom stereocenters. The predicted molar refractivity (Wildman–Crippen MR) is 97.7 cm³/mol. The Bertz CT molecular complexity index is 814. The Kier molecular flexibility index (Phi) is 6.24. The summed E-state index contributed by atoms with van der Waals surface area (Å²) in [5, 5.41) is 0.704. The van der Waals surface area contributed by atoms with Crippen molar-refractivity contribution in [1.82, 2.24) is 9.62 Å². The molecule has 1 aromatic carbocycles. The molecule has 25 heavy (non-hydrogen) atoms. The zero-order valence-electron chi connectivity index (χ0n) is 15.2. The molecule has 0 aliphatic carbocycles. The molecule has 0 fully saturated rings. The minimum atomic E-state index is -3.75. The first-order valence-electron chi connectivity index (χ1n) is 8.43. The van der Waals surface area contributed by atoms with Crippen molar-refractivity contribution in [1.29, 1.82) is 0 Å². The number of hydrogen-bond acceptors (Lipinski definition) is 4. The van der Waals surface area contributed by atoms with Gasteiger partial charge in [-0.3, -0.25) is 4.79 Å². The maximum Gasteiger partial charge on any atom is 0.241 e. The number of rotatable bonds is 8. The molecule has 0 aliphatic heterocycles. The Balaban J connectivity index is 2.07. The summed E-state index contributed by atoms with van der Waals surface area (Å²) in [4.78, 5) is 14.3. The highest BCUT2D eigenvalue weighted by molar-refractivity contribution is 7.89. The third-order valence-electron chi connectivity index (χ3n) is 3.67. The Labute approximate surface area is 149 Å². The number of carbonyl (C=O) groups is 1. The van der Waals surface area contributed by atoms with Crippen LogP contribution >= 0.6 is 0 Å². The second kappa shape index (κ2) is 8.01. The molecule has 1 aromatic heterocycles. The van der Waals surface area contributed by atoms with Crippen LogP contribution < -0.4 is 4.72 Å². The number of benzene rings is 1. The summed E-state index contributed by atoms with van der Waals surface area (Å²) >= 11 is 0. The number of sulfonamides is 1. The molecule has 0 bridgehead atoms. The van der Waals surface area contributed by atoms with Gasteiger partial charge in [-0.05, 0) is 36.1 Å². The minimum absolute atomic E-state index is 0.119. The van der Waals surface area contributed by atoms with Gasteiger partial charge in [-0.2, -0.15) is 0 Å². The first kappa shape index (κ1) is 19.5. The zero-order chi connectivity index (χ0) is 18.6. The van der Waals surface area contributed by atoms with Gasteiger partial charge in [-0.1, -0.05) is 27.7 Å². The standard InChI is InChI=1S/C18H26N2O4S/c1-13(2)11-20(12-14(3)4)18(21)10-19-25(22,23)16-5-6-17-15(9-16)7-8-24-17/h5-9,13-14,19H,10-12H2,1-4H3. The smallest absolute Gasteiger partial charge is 0.241 e. The van der Waals surface area contributed by atoms with Crippen LogP contribution in [0.4, 0.5) is 0 Å². The van der Waals surface area contributed by atoms with Crippen molar-refractivity contribution >= 4 is 26.9 Å². The molecule has 0 aliphatic rings. The maximum atomic E-state index is 12.5. The fraction of sp³-hybridized carbons (Fsp3) is 0.500. The Morgan fingerprint density at radius 1 is 1.12 bits per heavy atom. The van der Waals surface area contributed by atoms with E-state index in [-0.39, 0.29) is 17.3 Å². The summed E-state index contributed by atoms with van der Waals surface area (Å²) in [5.74, 6) is 0.431. The maximum absolute atomic E-state index is 12.5.